The average Bonchev–Trinajstić information content (AvgIpc) is 2.68. The monoisotopic (exact) mass is 392 g/mol. The van der Waals surface area contributed by atoms with Crippen LogP contribution in [0.1, 0.15) is 26.2 Å². The number of hydroxylamine groups is 1. The molecular weight excluding hydrogens is 368 g/mol. The van der Waals surface area contributed by atoms with Crippen LogP contribution in [0.25, 0.3) is 0 Å². The van der Waals surface area contributed by atoms with Crippen LogP contribution >= 0.6 is 0 Å². The van der Waals surface area contributed by atoms with Gasteiger partial charge in [0.2, 0.25) is 10.0 Å². The van der Waals surface area contributed by atoms with Crippen LogP contribution in [0.3, 0.4) is 0 Å². The van der Waals surface area contributed by atoms with Crippen LogP contribution in [0.2, 0.25) is 0 Å². The van der Waals surface area contributed by atoms with Gasteiger partial charge in [0.1, 0.15) is 11.5 Å². The lowest BCUT2D eigenvalue weighted by atomic mass is 10.2. The van der Waals surface area contributed by atoms with E-state index in [0.717, 1.165) is 17.1 Å². The van der Waals surface area contributed by atoms with Crippen molar-refractivity contribution < 1.29 is 23.2 Å². The third-order valence-corrected chi connectivity index (χ3v) is 5.76. The standard InChI is InChI=1S/C19H24N2O5S/c1-2-3-7-14-21(15-19(22)20-23)27(24,25)18-12-10-17(11-13-18)26-16-8-5-4-6-9-16/h4-6,8-13,23H,2-3,7,14-15H2,1H3,(H,20,22). The van der Waals surface area contributed by atoms with Gasteiger partial charge in [-0.1, -0.05) is 38.0 Å². The molecule has 0 bridgehead atoms. The second-order valence-corrected chi connectivity index (χ2v) is 7.91. The number of carbonyl (C=O) groups excluding carboxylic acids is 1. The largest absolute Gasteiger partial charge is 0.457 e. The second-order valence-electron chi connectivity index (χ2n) is 5.97. The number of hydrogen-bond donors (Lipinski definition) is 2. The van der Waals surface area contributed by atoms with Crippen molar-refractivity contribution in [2.75, 3.05) is 13.1 Å². The second kappa shape index (κ2) is 10.1. The molecule has 2 aromatic rings. The van der Waals surface area contributed by atoms with E-state index in [1.807, 2.05) is 25.1 Å². The number of hydrogen-bond acceptors (Lipinski definition) is 5. The highest BCUT2D eigenvalue weighted by Gasteiger charge is 2.26. The molecule has 0 atom stereocenters. The molecule has 0 aliphatic carbocycles. The summed E-state index contributed by atoms with van der Waals surface area (Å²) in [5.41, 5.74) is 1.48. The molecule has 0 aromatic heterocycles. The molecule has 146 valence electrons. The summed E-state index contributed by atoms with van der Waals surface area (Å²) in [4.78, 5) is 11.6. The molecule has 0 spiro atoms. The summed E-state index contributed by atoms with van der Waals surface area (Å²) in [6.45, 7) is 1.77. The van der Waals surface area contributed by atoms with Crippen molar-refractivity contribution >= 4 is 15.9 Å². The topological polar surface area (TPSA) is 95.9 Å². The summed E-state index contributed by atoms with van der Waals surface area (Å²) in [7, 11) is -3.87. The quantitative estimate of drug-likeness (QED) is 0.368. The van der Waals surface area contributed by atoms with Gasteiger partial charge in [0.05, 0.1) is 11.4 Å². The summed E-state index contributed by atoms with van der Waals surface area (Å²) in [6.07, 6.45) is 2.39. The maximum atomic E-state index is 12.9. The number of ether oxygens (including phenoxy) is 1. The Morgan fingerprint density at radius 2 is 1.67 bits per heavy atom. The molecule has 0 unspecified atom stereocenters. The minimum Gasteiger partial charge on any atom is -0.457 e. The first-order chi connectivity index (χ1) is 13.0. The van der Waals surface area contributed by atoms with Gasteiger partial charge in [0, 0.05) is 6.54 Å². The summed E-state index contributed by atoms with van der Waals surface area (Å²) in [6, 6.07) is 15.2. The Bertz CT molecular complexity index is 823. The fraction of sp³-hybridized carbons (Fsp3) is 0.316. The van der Waals surface area contributed by atoms with E-state index in [1.165, 1.54) is 17.6 Å². The zero-order chi connectivity index (χ0) is 19.7. The van der Waals surface area contributed by atoms with E-state index in [9.17, 15) is 13.2 Å². The number of sulfonamides is 1. The lowest BCUT2D eigenvalue weighted by molar-refractivity contribution is -0.129. The Balaban J connectivity index is 2.17. The molecule has 2 aromatic carbocycles. The molecule has 1 amide bonds. The first-order valence-corrected chi connectivity index (χ1v) is 10.2. The molecule has 2 N–H and O–H groups in total. The van der Waals surface area contributed by atoms with E-state index in [0.29, 0.717) is 17.9 Å². The minimum atomic E-state index is -3.87. The highest BCUT2D eigenvalue weighted by molar-refractivity contribution is 7.89. The van der Waals surface area contributed by atoms with Gasteiger partial charge in [-0.2, -0.15) is 4.31 Å². The Labute approximate surface area is 159 Å². The molecule has 2 rings (SSSR count). The first kappa shape index (κ1) is 20.9. The first-order valence-electron chi connectivity index (χ1n) is 8.73. The van der Waals surface area contributed by atoms with Crippen molar-refractivity contribution in [2.45, 2.75) is 31.1 Å². The molecule has 0 fully saturated rings. The van der Waals surface area contributed by atoms with Crippen LogP contribution in [0.15, 0.2) is 59.5 Å². The predicted molar refractivity (Wildman–Crippen MR) is 101 cm³/mol. The third-order valence-electron chi connectivity index (χ3n) is 3.90. The molecule has 0 aliphatic heterocycles. The van der Waals surface area contributed by atoms with Crippen molar-refractivity contribution in [1.29, 1.82) is 0 Å². The van der Waals surface area contributed by atoms with Crippen LogP contribution in [-0.4, -0.2) is 36.9 Å². The van der Waals surface area contributed by atoms with E-state index in [1.54, 1.807) is 24.3 Å². The maximum Gasteiger partial charge on any atom is 0.258 e. The highest BCUT2D eigenvalue weighted by atomic mass is 32.2. The summed E-state index contributed by atoms with van der Waals surface area (Å²) in [5, 5.41) is 8.73. The van der Waals surface area contributed by atoms with E-state index < -0.39 is 22.5 Å². The molecule has 27 heavy (non-hydrogen) atoms. The normalized spacial score (nSPS) is 11.4. The fourth-order valence-electron chi connectivity index (χ4n) is 2.47. The van der Waals surface area contributed by atoms with Crippen LogP contribution in [0.5, 0.6) is 11.5 Å². The number of amides is 1. The fourth-order valence-corrected chi connectivity index (χ4v) is 3.91. The van der Waals surface area contributed by atoms with Gasteiger partial charge in [-0.05, 0) is 42.8 Å². The van der Waals surface area contributed by atoms with Crippen LogP contribution in [-0.2, 0) is 14.8 Å². The number of carbonyl (C=O) groups is 1. The van der Waals surface area contributed by atoms with Gasteiger partial charge in [0.15, 0.2) is 0 Å². The van der Waals surface area contributed by atoms with E-state index >= 15 is 0 Å². The molecule has 0 aliphatic rings. The van der Waals surface area contributed by atoms with Crippen molar-refractivity contribution in [3.8, 4) is 11.5 Å². The summed E-state index contributed by atoms with van der Waals surface area (Å²) < 4.78 is 32.5. The summed E-state index contributed by atoms with van der Waals surface area (Å²) >= 11 is 0. The zero-order valence-corrected chi connectivity index (χ0v) is 16.0. The van der Waals surface area contributed by atoms with Gasteiger partial charge in [-0.3, -0.25) is 10.0 Å². The number of unbranched alkanes of at least 4 members (excludes halogenated alkanes) is 2. The Morgan fingerprint density at radius 1 is 1.04 bits per heavy atom. The van der Waals surface area contributed by atoms with Gasteiger partial charge in [-0.25, -0.2) is 13.9 Å². The Hall–Kier alpha value is -2.42. The smallest absolute Gasteiger partial charge is 0.258 e. The molecular formula is C19H24N2O5S. The minimum absolute atomic E-state index is 0.0603. The van der Waals surface area contributed by atoms with Gasteiger partial charge in [0.25, 0.3) is 5.91 Å². The molecule has 0 saturated heterocycles. The molecule has 0 saturated carbocycles. The van der Waals surface area contributed by atoms with Gasteiger partial charge >= 0.3 is 0 Å². The highest BCUT2D eigenvalue weighted by Crippen LogP contribution is 2.24. The van der Waals surface area contributed by atoms with Gasteiger partial charge < -0.3 is 4.74 Å². The van der Waals surface area contributed by atoms with Crippen LogP contribution in [0.4, 0.5) is 0 Å². The van der Waals surface area contributed by atoms with Gasteiger partial charge in [-0.15, -0.1) is 0 Å². The SMILES string of the molecule is CCCCCN(CC(=O)NO)S(=O)(=O)c1ccc(Oc2ccccc2)cc1. The number of nitrogens with zero attached hydrogens (tertiary/aromatic N) is 1. The Morgan fingerprint density at radius 3 is 2.26 bits per heavy atom. The predicted octanol–water partition coefficient (Wildman–Crippen LogP) is 3.17. The molecule has 0 heterocycles. The van der Waals surface area contributed by atoms with Crippen molar-refractivity contribution in [2.24, 2.45) is 0 Å². The molecule has 7 nitrogen and oxygen atoms in total. The zero-order valence-electron chi connectivity index (χ0n) is 15.2. The van der Waals surface area contributed by atoms with E-state index in [2.05, 4.69) is 0 Å². The van der Waals surface area contributed by atoms with Crippen LogP contribution < -0.4 is 10.2 Å². The lowest BCUT2D eigenvalue weighted by Gasteiger charge is -2.21. The molecule has 0 radical (unpaired) electrons. The average molecular weight is 392 g/mol. The Kier molecular flexibility index (Phi) is 7.78. The summed E-state index contributed by atoms with van der Waals surface area (Å²) in [5.74, 6) is 0.374. The van der Waals surface area contributed by atoms with E-state index in [-0.39, 0.29) is 11.4 Å². The number of nitrogens with one attached hydrogen (secondary N) is 1. The maximum absolute atomic E-state index is 12.9. The third kappa shape index (κ3) is 6.06. The number of para-hydroxylation sites is 1. The van der Waals surface area contributed by atoms with E-state index in [4.69, 9.17) is 9.94 Å². The number of benzene rings is 2. The number of rotatable bonds is 10. The van der Waals surface area contributed by atoms with Crippen molar-refractivity contribution in [1.82, 2.24) is 9.79 Å². The molecule has 8 heteroatoms. The van der Waals surface area contributed by atoms with Crippen molar-refractivity contribution in [3.05, 3.63) is 54.6 Å². The lowest BCUT2D eigenvalue weighted by Crippen LogP contribution is -2.40. The van der Waals surface area contributed by atoms with Crippen LogP contribution in [0, 0.1) is 0 Å². The van der Waals surface area contributed by atoms with Crippen molar-refractivity contribution in [3.63, 3.8) is 0 Å².